The lowest BCUT2D eigenvalue weighted by molar-refractivity contribution is 0.572. The number of aromatic nitrogens is 1. The molecule has 0 aromatic carbocycles. The van der Waals surface area contributed by atoms with Crippen molar-refractivity contribution in [1.82, 2.24) is 4.98 Å². The van der Waals surface area contributed by atoms with E-state index in [1.54, 1.807) is 17.8 Å². The summed E-state index contributed by atoms with van der Waals surface area (Å²) in [5.41, 5.74) is 0. The summed E-state index contributed by atoms with van der Waals surface area (Å²) in [6.07, 6.45) is 5.13. The monoisotopic (exact) mass is 197 g/mol. The fourth-order valence-electron chi connectivity index (χ4n) is 1.63. The highest BCUT2D eigenvalue weighted by Gasteiger charge is 2.16. The van der Waals surface area contributed by atoms with Crippen LogP contribution in [0.3, 0.4) is 0 Å². The van der Waals surface area contributed by atoms with E-state index < -0.39 is 0 Å². The Morgan fingerprint density at radius 1 is 1.31 bits per heavy atom. The molecule has 0 radical (unpaired) electrons. The number of nitrogens with zero attached hydrogens (tertiary/aromatic N) is 1. The first-order chi connectivity index (χ1) is 6.34. The maximum absolute atomic E-state index is 12.7. The predicted molar refractivity (Wildman–Crippen MR) is 52.3 cm³/mol. The van der Waals surface area contributed by atoms with Crippen LogP contribution in [0.5, 0.6) is 0 Å². The Balaban J connectivity index is 2.00. The maximum Gasteiger partial charge on any atom is 0.213 e. The molecule has 1 aliphatic carbocycles. The summed E-state index contributed by atoms with van der Waals surface area (Å²) in [5.74, 6) is -0.372. The number of thioether (sulfide) groups is 1. The van der Waals surface area contributed by atoms with Crippen LogP contribution in [0.4, 0.5) is 4.39 Å². The molecule has 0 aliphatic heterocycles. The van der Waals surface area contributed by atoms with E-state index in [4.69, 9.17) is 0 Å². The summed E-state index contributed by atoms with van der Waals surface area (Å²) >= 11 is 1.71. The second-order valence-corrected chi connectivity index (χ2v) is 4.64. The van der Waals surface area contributed by atoms with Crippen molar-refractivity contribution >= 4 is 11.8 Å². The summed E-state index contributed by atoms with van der Waals surface area (Å²) in [6, 6.07) is 4.99. The average molecular weight is 197 g/mol. The molecule has 3 heteroatoms. The molecule has 1 aliphatic rings. The molecule has 0 amide bonds. The van der Waals surface area contributed by atoms with Gasteiger partial charge in [-0.3, -0.25) is 0 Å². The Labute approximate surface area is 81.8 Å². The quantitative estimate of drug-likeness (QED) is 0.675. The molecule has 1 saturated carbocycles. The normalized spacial score (nSPS) is 17.9. The van der Waals surface area contributed by atoms with E-state index in [1.165, 1.54) is 31.7 Å². The van der Waals surface area contributed by atoms with Crippen LogP contribution in [0.2, 0.25) is 0 Å². The third kappa shape index (κ3) is 2.44. The summed E-state index contributed by atoms with van der Waals surface area (Å²) in [7, 11) is 0. The Morgan fingerprint density at radius 2 is 2.08 bits per heavy atom. The van der Waals surface area contributed by atoms with Gasteiger partial charge in [0.25, 0.3) is 0 Å². The van der Waals surface area contributed by atoms with Crippen LogP contribution in [0.25, 0.3) is 0 Å². The van der Waals surface area contributed by atoms with Gasteiger partial charge in [0.1, 0.15) is 0 Å². The summed E-state index contributed by atoms with van der Waals surface area (Å²) in [6.45, 7) is 0. The second kappa shape index (κ2) is 4.09. The molecule has 0 spiro atoms. The largest absolute Gasteiger partial charge is 0.213 e. The highest BCUT2D eigenvalue weighted by atomic mass is 32.2. The van der Waals surface area contributed by atoms with Gasteiger partial charge in [-0.1, -0.05) is 18.9 Å². The van der Waals surface area contributed by atoms with Crippen molar-refractivity contribution in [3.8, 4) is 0 Å². The molecule has 1 fully saturated rings. The van der Waals surface area contributed by atoms with Crippen LogP contribution < -0.4 is 0 Å². The molecule has 1 heterocycles. The van der Waals surface area contributed by atoms with Gasteiger partial charge < -0.3 is 0 Å². The first kappa shape index (κ1) is 9.00. The molecular weight excluding hydrogens is 185 g/mol. The predicted octanol–water partition coefficient (Wildman–Crippen LogP) is 3.26. The third-order valence-electron chi connectivity index (χ3n) is 2.28. The van der Waals surface area contributed by atoms with E-state index in [0.717, 1.165) is 5.03 Å². The van der Waals surface area contributed by atoms with Crippen LogP contribution >= 0.6 is 11.8 Å². The van der Waals surface area contributed by atoms with Crippen LogP contribution in [-0.4, -0.2) is 10.2 Å². The van der Waals surface area contributed by atoms with Crippen molar-refractivity contribution in [2.24, 2.45) is 0 Å². The second-order valence-electron chi connectivity index (χ2n) is 3.32. The molecule has 70 valence electrons. The van der Waals surface area contributed by atoms with Gasteiger partial charge in [-0.05, 0) is 25.0 Å². The van der Waals surface area contributed by atoms with Gasteiger partial charge in [0.05, 0.1) is 5.03 Å². The SMILES string of the molecule is Fc1cccc(SC2CCCC2)n1. The molecule has 0 bridgehead atoms. The Morgan fingerprint density at radius 3 is 2.77 bits per heavy atom. The van der Waals surface area contributed by atoms with Crippen molar-refractivity contribution in [2.45, 2.75) is 36.0 Å². The average Bonchev–Trinajstić information content (AvgIpc) is 2.57. The van der Waals surface area contributed by atoms with Crippen molar-refractivity contribution in [1.29, 1.82) is 0 Å². The molecule has 13 heavy (non-hydrogen) atoms. The number of pyridine rings is 1. The molecule has 2 rings (SSSR count). The zero-order chi connectivity index (χ0) is 9.10. The Kier molecular flexibility index (Phi) is 2.83. The molecule has 1 nitrogen and oxygen atoms in total. The van der Waals surface area contributed by atoms with Gasteiger partial charge in [0, 0.05) is 5.25 Å². The fraction of sp³-hybridized carbons (Fsp3) is 0.500. The van der Waals surface area contributed by atoms with Gasteiger partial charge in [-0.15, -0.1) is 11.8 Å². The minimum absolute atomic E-state index is 0.372. The highest BCUT2D eigenvalue weighted by molar-refractivity contribution is 7.99. The van der Waals surface area contributed by atoms with E-state index in [1.807, 2.05) is 6.07 Å². The molecule has 0 N–H and O–H groups in total. The van der Waals surface area contributed by atoms with Gasteiger partial charge in [0.2, 0.25) is 5.95 Å². The lowest BCUT2D eigenvalue weighted by Crippen LogP contribution is -1.95. The third-order valence-corrected chi connectivity index (χ3v) is 3.55. The van der Waals surface area contributed by atoms with Gasteiger partial charge in [0.15, 0.2) is 0 Å². The number of hydrogen-bond acceptors (Lipinski definition) is 2. The summed E-state index contributed by atoms with van der Waals surface area (Å²) in [5, 5.41) is 1.49. The first-order valence-electron chi connectivity index (χ1n) is 4.64. The van der Waals surface area contributed by atoms with E-state index >= 15 is 0 Å². The van der Waals surface area contributed by atoms with Crippen LogP contribution in [-0.2, 0) is 0 Å². The topological polar surface area (TPSA) is 12.9 Å². The van der Waals surface area contributed by atoms with Gasteiger partial charge in [-0.2, -0.15) is 4.39 Å². The van der Waals surface area contributed by atoms with E-state index in [2.05, 4.69) is 4.98 Å². The maximum atomic E-state index is 12.7. The summed E-state index contributed by atoms with van der Waals surface area (Å²) in [4.78, 5) is 3.83. The van der Waals surface area contributed by atoms with Gasteiger partial charge in [-0.25, -0.2) is 4.98 Å². The number of hydrogen-bond donors (Lipinski definition) is 0. The van der Waals surface area contributed by atoms with Crippen LogP contribution in [0.1, 0.15) is 25.7 Å². The fourth-order valence-corrected chi connectivity index (χ4v) is 2.84. The zero-order valence-electron chi connectivity index (χ0n) is 7.37. The molecule has 0 atom stereocenters. The van der Waals surface area contributed by atoms with Crippen molar-refractivity contribution in [3.63, 3.8) is 0 Å². The van der Waals surface area contributed by atoms with Crippen LogP contribution in [0.15, 0.2) is 23.2 Å². The molecule has 0 saturated heterocycles. The number of rotatable bonds is 2. The molecule has 1 aromatic heterocycles. The Hall–Kier alpha value is -0.570. The van der Waals surface area contributed by atoms with Crippen LogP contribution in [0, 0.1) is 5.95 Å². The minimum Gasteiger partial charge on any atom is -0.213 e. The minimum atomic E-state index is -0.372. The van der Waals surface area contributed by atoms with E-state index in [0.29, 0.717) is 5.25 Å². The van der Waals surface area contributed by atoms with Crippen molar-refractivity contribution in [2.75, 3.05) is 0 Å². The molecule has 0 unspecified atom stereocenters. The van der Waals surface area contributed by atoms with E-state index in [-0.39, 0.29) is 5.95 Å². The molecular formula is C10H12FNS. The standard InChI is InChI=1S/C10H12FNS/c11-9-6-3-7-10(12-9)13-8-4-1-2-5-8/h3,6-8H,1-2,4-5H2. The smallest absolute Gasteiger partial charge is 0.213 e. The van der Waals surface area contributed by atoms with Crippen molar-refractivity contribution < 1.29 is 4.39 Å². The lowest BCUT2D eigenvalue weighted by atomic mass is 10.4. The first-order valence-corrected chi connectivity index (χ1v) is 5.52. The zero-order valence-corrected chi connectivity index (χ0v) is 8.19. The Bertz CT molecular complexity index is 284. The van der Waals surface area contributed by atoms with Gasteiger partial charge >= 0.3 is 0 Å². The number of halogens is 1. The highest BCUT2D eigenvalue weighted by Crippen LogP contribution is 2.33. The lowest BCUT2D eigenvalue weighted by Gasteiger charge is -2.06. The molecule has 1 aromatic rings. The van der Waals surface area contributed by atoms with E-state index in [9.17, 15) is 4.39 Å². The summed E-state index contributed by atoms with van der Waals surface area (Å²) < 4.78 is 12.7. The van der Waals surface area contributed by atoms with Crippen molar-refractivity contribution in [3.05, 3.63) is 24.1 Å².